The summed E-state index contributed by atoms with van der Waals surface area (Å²) in [7, 11) is 1.41. The topological polar surface area (TPSA) is 75.0 Å². The number of esters is 1. The number of carbonyl (C=O) groups is 2. The second-order valence-corrected chi connectivity index (χ2v) is 9.86. The van der Waals surface area contributed by atoms with Gasteiger partial charge in [0, 0.05) is 48.3 Å². The average molecular weight is 493 g/mol. The van der Waals surface area contributed by atoms with Gasteiger partial charge in [-0.15, -0.1) is 0 Å². The van der Waals surface area contributed by atoms with Gasteiger partial charge in [-0.3, -0.25) is 9.59 Å². The molecule has 0 amide bonds. The summed E-state index contributed by atoms with van der Waals surface area (Å²) in [6.45, 7) is 4.45. The second kappa shape index (κ2) is 13.3. The Kier molecular flexibility index (Phi) is 10.4. The molecule has 1 aliphatic heterocycles. The zero-order valence-corrected chi connectivity index (χ0v) is 21.3. The van der Waals surface area contributed by atoms with Crippen molar-refractivity contribution in [1.29, 1.82) is 0 Å². The monoisotopic (exact) mass is 492 g/mol. The van der Waals surface area contributed by atoms with E-state index in [9.17, 15) is 9.59 Å². The van der Waals surface area contributed by atoms with Gasteiger partial charge in [0.15, 0.2) is 12.1 Å². The third-order valence-electron chi connectivity index (χ3n) is 6.49. The lowest BCUT2D eigenvalue weighted by Crippen LogP contribution is -2.30. The van der Waals surface area contributed by atoms with Crippen LogP contribution in [0.1, 0.15) is 81.8 Å². The first-order valence-corrected chi connectivity index (χ1v) is 12.7. The molecular weight excluding hydrogens is 456 g/mol. The number of methoxy groups -OCH3 is 1. The molecule has 2 unspecified atom stereocenters. The van der Waals surface area contributed by atoms with E-state index in [0.717, 1.165) is 62.2 Å². The SMILES string of the molecule is COC(=O)CCCCc1cc2c(o1)C[C@@H](OC1CCCCO1)[C@@H]2C=CC(=O)C(C)CC=C(C)Cl. The van der Waals surface area contributed by atoms with Crippen LogP contribution in [-0.2, 0) is 36.6 Å². The number of carbonyl (C=O) groups excluding carboxylic acids is 2. The van der Waals surface area contributed by atoms with Crippen LogP contribution in [0.2, 0.25) is 0 Å². The molecule has 1 aromatic heterocycles. The van der Waals surface area contributed by atoms with Crippen molar-refractivity contribution in [3.63, 3.8) is 0 Å². The largest absolute Gasteiger partial charge is 0.469 e. The van der Waals surface area contributed by atoms with E-state index >= 15 is 0 Å². The third kappa shape index (κ3) is 7.82. The zero-order valence-electron chi connectivity index (χ0n) is 20.5. The summed E-state index contributed by atoms with van der Waals surface area (Å²) in [6, 6.07) is 2.08. The summed E-state index contributed by atoms with van der Waals surface area (Å²) in [5.41, 5.74) is 1.08. The van der Waals surface area contributed by atoms with Crippen LogP contribution in [-0.4, -0.2) is 37.9 Å². The fourth-order valence-corrected chi connectivity index (χ4v) is 4.53. The van der Waals surface area contributed by atoms with E-state index in [1.54, 1.807) is 6.08 Å². The zero-order chi connectivity index (χ0) is 24.5. The Morgan fingerprint density at radius 1 is 1.29 bits per heavy atom. The Morgan fingerprint density at radius 3 is 2.82 bits per heavy atom. The summed E-state index contributed by atoms with van der Waals surface area (Å²) in [4.78, 5) is 24.0. The minimum atomic E-state index is -0.206. The van der Waals surface area contributed by atoms with E-state index in [0.29, 0.717) is 24.3 Å². The molecule has 188 valence electrons. The van der Waals surface area contributed by atoms with Crippen LogP contribution in [0.15, 0.2) is 33.7 Å². The van der Waals surface area contributed by atoms with Crippen molar-refractivity contribution in [2.24, 2.45) is 5.92 Å². The van der Waals surface area contributed by atoms with Gasteiger partial charge in [-0.1, -0.05) is 30.7 Å². The Balaban J connectivity index is 1.67. The first kappa shape index (κ1) is 26.7. The fourth-order valence-electron chi connectivity index (χ4n) is 4.44. The third-order valence-corrected chi connectivity index (χ3v) is 6.65. The number of halogens is 1. The van der Waals surface area contributed by atoms with E-state index in [-0.39, 0.29) is 36.0 Å². The van der Waals surface area contributed by atoms with E-state index < -0.39 is 0 Å². The Hall–Kier alpha value is -1.89. The first-order valence-electron chi connectivity index (χ1n) is 12.4. The van der Waals surface area contributed by atoms with Gasteiger partial charge in [0.1, 0.15) is 11.5 Å². The van der Waals surface area contributed by atoms with Crippen LogP contribution in [0.5, 0.6) is 0 Å². The number of ketones is 1. The van der Waals surface area contributed by atoms with Crippen molar-refractivity contribution in [2.75, 3.05) is 13.7 Å². The van der Waals surface area contributed by atoms with Crippen molar-refractivity contribution in [3.8, 4) is 0 Å². The van der Waals surface area contributed by atoms with Gasteiger partial charge in [-0.05, 0) is 57.6 Å². The standard InChI is InChI=1S/C27H37ClO6/c1-18(11-12-19(2)28)23(29)14-13-21-22-16-20(8-4-5-9-26(30)31-3)33-25(22)17-24(21)34-27-10-6-7-15-32-27/h12-14,16,18,21,24,27H,4-11,15,17H2,1-3H3/t18?,21-,24-,27?/m1/s1. The number of hydrogen-bond acceptors (Lipinski definition) is 6. The minimum Gasteiger partial charge on any atom is -0.469 e. The molecule has 4 atom stereocenters. The molecule has 0 saturated carbocycles. The van der Waals surface area contributed by atoms with E-state index in [2.05, 4.69) is 6.07 Å². The maximum absolute atomic E-state index is 12.7. The van der Waals surface area contributed by atoms with E-state index in [4.69, 9.17) is 30.2 Å². The van der Waals surface area contributed by atoms with Crippen molar-refractivity contribution in [1.82, 2.24) is 0 Å². The molecule has 6 nitrogen and oxygen atoms in total. The van der Waals surface area contributed by atoms with Gasteiger partial charge < -0.3 is 18.6 Å². The lowest BCUT2D eigenvalue weighted by molar-refractivity contribution is -0.188. The number of hydrogen-bond donors (Lipinski definition) is 0. The number of fused-ring (bicyclic) bond motifs is 1. The molecule has 34 heavy (non-hydrogen) atoms. The molecule has 2 aliphatic rings. The van der Waals surface area contributed by atoms with Gasteiger partial charge in [0.05, 0.1) is 13.2 Å². The Bertz CT molecular complexity index is 876. The lowest BCUT2D eigenvalue weighted by Gasteiger charge is -2.28. The lowest BCUT2D eigenvalue weighted by atomic mass is 9.96. The molecule has 0 N–H and O–H groups in total. The van der Waals surface area contributed by atoms with Crippen LogP contribution in [0, 0.1) is 5.92 Å². The maximum Gasteiger partial charge on any atom is 0.305 e. The molecule has 2 heterocycles. The summed E-state index contributed by atoms with van der Waals surface area (Å²) in [6.07, 6.45) is 12.3. The van der Waals surface area contributed by atoms with Gasteiger partial charge in [-0.2, -0.15) is 0 Å². The van der Waals surface area contributed by atoms with Crippen molar-refractivity contribution < 1.29 is 28.2 Å². The number of allylic oxidation sites excluding steroid dienone is 3. The van der Waals surface area contributed by atoms with Crippen LogP contribution < -0.4 is 0 Å². The summed E-state index contributed by atoms with van der Waals surface area (Å²) in [5.74, 6) is 1.51. The average Bonchev–Trinajstić information content (AvgIpc) is 3.36. The number of ether oxygens (including phenoxy) is 3. The van der Waals surface area contributed by atoms with Gasteiger partial charge >= 0.3 is 5.97 Å². The highest BCUT2D eigenvalue weighted by atomic mass is 35.5. The molecular formula is C27H37ClO6. The van der Waals surface area contributed by atoms with Crippen molar-refractivity contribution in [3.05, 3.63) is 46.4 Å². The van der Waals surface area contributed by atoms with E-state index in [1.165, 1.54) is 7.11 Å². The van der Waals surface area contributed by atoms with Crippen molar-refractivity contribution in [2.45, 2.75) is 89.9 Å². The fraction of sp³-hybridized carbons (Fsp3) is 0.630. The second-order valence-electron chi connectivity index (χ2n) is 9.26. The van der Waals surface area contributed by atoms with Gasteiger partial charge in [0.25, 0.3) is 0 Å². The predicted octanol–water partition coefficient (Wildman–Crippen LogP) is 6.01. The number of unbranched alkanes of at least 4 members (excludes halogenated alkanes) is 1. The minimum absolute atomic E-state index is 0.0606. The first-order chi connectivity index (χ1) is 16.4. The van der Waals surface area contributed by atoms with Crippen LogP contribution in [0.4, 0.5) is 0 Å². The summed E-state index contributed by atoms with van der Waals surface area (Å²) < 4.78 is 23.0. The maximum atomic E-state index is 12.7. The summed E-state index contributed by atoms with van der Waals surface area (Å²) in [5, 5.41) is 0.697. The molecule has 0 aromatic carbocycles. The molecule has 3 rings (SSSR count). The molecule has 1 fully saturated rings. The smallest absolute Gasteiger partial charge is 0.305 e. The quantitative estimate of drug-likeness (QED) is 0.202. The highest BCUT2D eigenvalue weighted by Gasteiger charge is 2.37. The highest BCUT2D eigenvalue weighted by Crippen LogP contribution is 2.40. The Labute approximate surface area is 207 Å². The van der Waals surface area contributed by atoms with E-state index in [1.807, 2.05) is 26.0 Å². The molecule has 0 radical (unpaired) electrons. The number of furan rings is 1. The van der Waals surface area contributed by atoms with Crippen LogP contribution >= 0.6 is 11.6 Å². The van der Waals surface area contributed by atoms with Gasteiger partial charge in [0.2, 0.25) is 0 Å². The normalized spacial score (nSPS) is 23.8. The van der Waals surface area contributed by atoms with Crippen LogP contribution in [0.25, 0.3) is 0 Å². The predicted molar refractivity (Wildman–Crippen MR) is 131 cm³/mol. The molecule has 7 heteroatoms. The molecule has 1 aromatic rings. The Morgan fingerprint density at radius 2 is 2.12 bits per heavy atom. The highest BCUT2D eigenvalue weighted by molar-refractivity contribution is 6.29. The molecule has 1 saturated heterocycles. The van der Waals surface area contributed by atoms with Gasteiger partial charge in [-0.25, -0.2) is 0 Å². The molecule has 0 spiro atoms. The number of rotatable bonds is 12. The molecule has 0 bridgehead atoms. The van der Waals surface area contributed by atoms with Crippen LogP contribution in [0.3, 0.4) is 0 Å². The van der Waals surface area contributed by atoms with Crippen molar-refractivity contribution >= 4 is 23.4 Å². The summed E-state index contributed by atoms with van der Waals surface area (Å²) >= 11 is 5.92. The molecule has 1 aliphatic carbocycles. The number of aryl methyl sites for hydroxylation is 1.